The van der Waals surface area contributed by atoms with Gasteiger partial charge in [-0.25, -0.2) is 13.1 Å². The maximum Gasteiger partial charge on any atom is 0.242 e. The van der Waals surface area contributed by atoms with Gasteiger partial charge in [0.2, 0.25) is 10.0 Å². The molecule has 0 fully saturated rings. The van der Waals surface area contributed by atoms with Crippen LogP contribution < -0.4 is 10.0 Å². The smallest absolute Gasteiger partial charge is 0.242 e. The SMILES string of the molecule is CCCNCCNS(=O)(=O)c1cccc(Cl)c1Cl.Cl. The highest BCUT2D eigenvalue weighted by molar-refractivity contribution is 7.89. The van der Waals surface area contributed by atoms with Crippen molar-refractivity contribution in [2.75, 3.05) is 19.6 Å². The molecule has 110 valence electrons. The van der Waals surface area contributed by atoms with Gasteiger partial charge in [0.15, 0.2) is 0 Å². The highest BCUT2D eigenvalue weighted by Crippen LogP contribution is 2.28. The van der Waals surface area contributed by atoms with E-state index in [4.69, 9.17) is 23.2 Å². The molecule has 0 aliphatic heterocycles. The molecule has 0 aliphatic carbocycles. The summed E-state index contributed by atoms with van der Waals surface area (Å²) >= 11 is 11.7. The molecule has 2 N–H and O–H groups in total. The summed E-state index contributed by atoms with van der Waals surface area (Å²) in [6.07, 6.45) is 1.01. The Hall–Kier alpha value is -0.0400. The van der Waals surface area contributed by atoms with Gasteiger partial charge in [-0.3, -0.25) is 0 Å². The minimum absolute atomic E-state index is 0. The highest BCUT2D eigenvalue weighted by Gasteiger charge is 2.18. The number of hydrogen-bond acceptors (Lipinski definition) is 3. The second-order valence-corrected chi connectivity index (χ2v) is 6.22. The molecule has 0 bridgehead atoms. The normalized spacial score (nSPS) is 11.1. The first-order valence-corrected chi connectivity index (χ1v) is 7.87. The molecule has 19 heavy (non-hydrogen) atoms. The Kier molecular flexibility index (Phi) is 8.98. The van der Waals surface area contributed by atoms with Crippen LogP contribution in [0.5, 0.6) is 0 Å². The Morgan fingerprint density at radius 3 is 2.47 bits per heavy atom. The van der Waals surface area contributed by atoms with Gasteiger partial charge in [-0.05, 0) is 25.1 Å². The summed E-state index contributed by atoms with van der Waals surface area (Å²) in [6, 6.07) is 4.53. The number of benzene rings is 1. The van der Waals surface area contributed by atoms with E-state index in [9.17, 15) is 8.42 Å². The van der Waals surface area contributed by atoms with Crippen LogP contribution >= 0.6 is 35.6 Å². The second kappa shape index (κ2) is 9.00. The number of rotatable bonds is 7. The Bertz CT molecular complexity index is 495. The molecule has 0 saturated carbocycles. The van der Waals surface area contributed by atoms with Crippen LogP contribution in [-0.2, 0) is 10.0 Å². The van der Waals surface area contributed by atoms with Crippen LogP contribution in [-0.4, -0.2) is 28.1 Å². The minimum atomic E-state index is -3.61. The van der Waals surface area contributed by atoms with Gasteiger partial charge in [-0.15, -0.1) is 12.4 Å². The predicted octanol–water partition coefficient (Wildman–Crippen LogP) is 2.69. The van der Waals surface area contributed by atoms with Crippen molar-refractivity contribution in [2.45, 2.75) is 18.2 Å². The molecule has 0 spiro atoms. The lowest BCUT2D eigenvalue weighted by Gasteiger charge is -2.09. The third-order valence-corrected chi connectivity index (χ3v) is 4.66. The number of halogens is 3. The van der Waals surface area contributed by atoms with Crippen molar-refractivity contribution >= 4 is 45.6 Å². The fraction of sp³-hybridized carbons (Fsp3) is 0.455. The van der Waals surface area contributed by atoms with Crippen LogP contribution in [0.2, 0.25) is 10.0 Å². The lowest BCUT2D eigenvalue weighted by Crippen LogP contribution is -2.32. The molecule has 0 aromatic heterocycles. The Morgan fingerprint density at radius 2 is 1.84 bits per heavy atom. The maximum atomic E-state index is 12.0. The molecule has 1 aromatic rings. The standard InChI is InChI=1S/C11H16Cl2N2O2S.ClH/c1-2-6-14-7-8-15-18(16,17)10-5-3-4-9(12)11(10)13;/h3-5,14-15H,2,6-8H2,1H3;1H. The molecule has 0 radical (unpaired) electrons. The third kappa shape index (κ3) is 5.85. The van der Waals surface area contributed by atoms with E-state index in [2.05, 4.69) is 10.0 Å². The summed E-state index contributed by atoms with van der Waals surface area (Å²) in [5, 5.41) is 3.37. The first kappa shape index (κ1) is 19.0. The van der Waals surface area contributed by atoms with Crippen molar-refractivity contribution in [2.24, 2.45) is 0 Å². The maximum absolute atomic E-state index is 12.0. The van der Waals surface area contributed by atoms with E-state index in [1.165, 1.54) is 6.07 Å². The van der Waals surface area contributed by atoms with Crippen molar-refractivity contribution in [3.8, 4) is 0 Å². The van der Waals surface area contributed by atoms with E-state index < -0.39 is 10.0 Å². The zero-order valence-corrected chi connectivity index (χ0v) is 13.6. The zero-order valence-electron chi connectivity index (χ0n) is 10.4. The van der Waals surface area contributed by atoms with Gasteiger partial charge in [-0.2, -0.15) is 0 Å². The first-order valence-electron chi connectivity index (χ1n) is 5.63. The Morgan fingerprint density at radius 1 is 1.16 bits per heavy atom. The zero-order chi connectivity index (χ0) is 13.6. The van der Waals surface area contributed by atoms with Crippen LogP contribution in [0, 0.1) is 0 Å². The van der Waals surface area contributed by atoms with Crippen LogP contribution in [0.15, 0.2) is 23.1 Å². The monoisotopic (exact) mass is 346 g/mol. The fourth-order valence-electron chi connectivity index (χ4n) is 1.34. The van der Waals surface area contributed by atoms with Crippen molar-refractivity contribution in [1.29, 1.82) is 0 Å². The van der Waals surface area contributed by atoms with Gasteiger partial charge in [0.05, 0.1) is 10.0 Å². The Labute approximate surface area is 130 Å². The predicted molar refractivity (Wildman–Crippen MR) is 82.1 cm³/mol. The van der Waals surface area contributed by atoms with Gasteiger partial charge in [0.1, 0.15) is 4.90 Å². The van der Waals surface area contributed by atoms with E-state index in [-0.39, 0.29) is 27.3 Å². The average Bonchev–Trinajstić information content (AvgIpc) is 2.32. The van der Waals surface area contributed by atoms with Gasteiger partial charge < -0.3 is 5.32 Å². The highest BCUT2D eigenvalue weighted by atomic mass is 35.5. The van der Waals surface area contributed by atoms with Crippen LogP contribution in [0.4, 0.5) is 0 Å². The quantitative estimate of drug-likeness (QED) is 0.746. The molecule has 0 aliphatic rings. The molecule has 0 atom stereocenters. The summed E-state index contributed by atoms with van der Waals surface area (Å²) in [5.41, 5.74) is 0. The largest absolute Gasteiger partial charge is 0.315 e. The number of hydrogen-bond donors (Lipinski definition) is 2. The molecule has 8 heteroatoms. The molecule has 0 heterocycles. The molecule has 1 rings (SSSR count). The van der Waals surface area contributed by atoms with Gasteiger partial charge >= 0.3 is 0 Å². The molecule has 1 aromatic carbocycles. The van der Waals surface area contributed by atoms with Crippen LogP contribution in [0.3, 0.4) is 0 Å². The van der Waals surface area contributed by atoms with E-state index >= 15 is 0 Å². The molecular weight excluding hydrogens is 331 g/mol. The Balaban J connectivity index is 0.00000324. The van der Waals surface area contributed by atoms with E-state index in [1.807, 2.05) is 6.92 Å². The van der Waals surface area contributed by atoms with E-state index in [1.54, 1.807) is 12.1 Å². The number of sulfonamides is 1. The summed E-state index contributed by atoms with van der Waals surface area (Å²) in [5.74, 6) is 0. The number of nitrogens with one attached hydrogen (secondary N) is 2. The second-order valence-electron chi connectivity index (χ2n) is 3.70. The van der Waals surface area contributed by atoms with E-state index in [0.29, 0.717) is 13.1 Å². The van der Waals surface area contributed by atoms with Crippen molar-refractivity contribution in [3.63, 3.8) is 0 Å². The summed E-state index contributed by atoms with van der Waals surface area (Å²) in [7, 11) is -3.61. The molecule has 0 unspecified atom stereocenters. The minimum Gasteiger partial charge on any atom is -0.315 e. The van der Waals surface area contributed by atoms with Crippen LogP contribution in [0.1, 0.15) is 13.3 Å². The van der Waals surface area contributed by atoms with Crippen molar-refractivity contribution in [3.05, 3.63) is 28.2 Å². The lowest BCUT2D eigenvalue weighted by atomic mass is 10.4. The summed E-state index contributed by atoms with van der Waals surface area (Å²) < 4.78 is 26.4. The van der Waals surface area contributed by atoms with Gasteiger partial charge in [0, 0.05) is 13.1 Å². The van der Waals surface area contributed by atoms with E-state index in [0.717, 1.165) is 13.0 Å². The first-order chi connectivity index (χ1) is 8.49. The van der Waals surface area contributed by atoms with Crippen LogP contribution in [0.25, 0.3) is 0 Å². The van der Waals surface area contributed by atoms with Crippen molar-refractivity contribution in [1.82, 2.24) is 10.0 Å². The average molecular weight is 348 g/mol. The van der Waals surface area contributed by atoms with Crippen molar-refractivity contribution < 1.29 is 8.42 Å². The van der Waals surface area contributed by atoms with Gasteiger partial charge in [0.25, 0.3) is 0 Å². The third-order valence-electron chi connectivity index (χ3n) is 2.23. The fourth-order valence-corrected chi connectivity index (χ4v) is 3.14. The van der Waals surface area contributed by atoms with Gasteiger partial charge in [-0.1, -0.05) is 36.2 Å². The summed E-state index contributed by atoms with van der Waals surface area (Å²) in [6.45, 7) is 3.79. The molecule has 4 nitrogen and oxygen atoms in total. The molecular formula is C11H17Cl3N2O2S. The molecule has 0 saturated heterocycles. The topological polar surface area (TPSA) is 58.2 Å². The molecule has 0 amide bonds. The summed E-state index contributed by atoms with van der Waals surface area (Å²) in [4.78, 5) is 0.00663. The lowest BCUT2D eigenvalue weighted by molar-refractivity contribution is 0.575.